The molecule has 1 aliphatic carbocycles. The third-order valence-corrected chi connectivity index (χ3v) is 6.69. The van der Waals surface area contributed by atoms with Gasteiger partial charge in [0.2, 0.25) is 0 Å². The number of rotatable bonds is 12. The average molecular weight is 583 g/mol. The topological polar surface area (TPSA) is 185 Å². The first kappa shape index (κ1) is 28.3. The van der Waals surface area contributed by atoms with Gasteiger partial charge < -0.3 is 10.6 Å². The van der Waals surface area contributed by atoms with E-state index >= 15 is 0 Å². The molecule has 1 aliphatic rings. The molecule has 4 N–H and O–H groups in total. The van der Waals surface area contributed by atoms with E-state index in [0.29, 0.717) is 0 Å². The molecule has 0 saturated heterocycles. The maximum Gasteiger partial charge on any atom is 0.397 e. The first-order valence-electron chi connectivity index (χ1n) is 10.1. The highest BCUT2D eigenvalue weighted by molar-refractivity contribution is 7.81. The summed E-state index contributed by atoms with van der Waals surface area (Å²) in [4.78, 5) is 26.8. The smallest absolute Gasteiger partial charge is 0.382 e. The van der Waals surface area contributed by atoms with Crippen molar-refractivity contribution in [2.45, 2.75) is 12.2 Å². The molecule has 2 atom stereocenters. The molecule has 0 aromatic heterocycles. The largest absolute Gasteiger partial charge is 0.397 e. The molecule has 0 bridgehead atoms. The Hall–Kier alpha value is -2.30. The molecule has 36 heavy (non-hydrogen) atoms. The summed E-state index contributed by atoms with van der Waals surface area (Å²) in [6, 6.07) is 9.00. The van der Waals surface area contributed by atoms with Crippen molar-refractivity contribution in [3.8, 4) is 0 Å². The Labute approximate surface area is 216 Å². The summed E-state index contributed by atoms with van der Waals surface area (Å²) in [5, 5.41) is 5.64. The third-order valence-electron chi connectivity index (χ3n) is 4.98. The number of carbonyl (C=O) groups excluding carboxylic acids is 2. The van der Waals surface area contributed by atoms with E-state index in [9.17, 15) is 26.4 Å². The molecule has 16 heteroatoms. The minimum atomic E-state index is -4.79. The summed E-state index contributed by atoms with van der Waals surface area (Å²) < 4.78 is 70.9. The van der Waals surface area contributed by atoms with Crippen LogP contribution in [0.2, 0.25) is 0 Å². The summed E-state index contributed by atoms with van der Waals surface area (Å²) in [6.45, 7) is -0.496. The van der Waals surface area contributed by atoms with Gasteiger partial charge in [0, 0.05) is 35.6 Å². The number of hydrogen-bond acceptors (Lipinski definition) is 10. The Balaban J connectivity index is 1.99. The molecule has 0 spiro atoms. The molecular formula is C20H20Cl2N2O10S2. The fraction of sp³-hybridized carbons (Fsp3) is 0.300. The van der Waals surface area contributed by atoms with Gasteiger partial charge in [-0.2, -0.15) is 16.8 Å². The second kappa shape index (κ2) is 11.4. The molecule has 2 unspecified atom stereocenters. The van der Waals surface area contributed by atoms with Gasteiger partial charge in [-0.15, -0.1) is 23.2 Å². The van der Waals surface area contributed by atoms with Crippen LogP contribution in [0.25, 0.3) is 0 Å². The van der Waals surface area contributed by atoms with Crippen molar-refractivity contribution in [1.82, 2.24) is 0 Å². The number of alkyl halides is 2. The van der Waals surface area contributed by atoms with Crippen molar-refractivity contribution in [2.24, 2.45) is 0 Å². The minimum Gasteiger partial charge on any atom is -0.382 e. The molecule has 2 aromatic carbocycles. The van der Waals surface area contributed by atoms with E-state index in [1.54, 1.807) is 12.1 Å². The normalized spacial score (nSPS) is 15.1. The van der Waals surface area contributed by atoms with E-state index in [1.165, 1.54) is 24.3 Å². The maximum absolute atomic E-state index is 13.4. The van der Waals surface area contributed by atoms with Crippen LogP contribution in [0.15, 0.2) is 36.4 Å². The van der Waals surface area contributed by atoms with Gasteiger partial charge in [0.05, 0.1) is 22.9 Å². The zero-order chi connectivity index (χ0) is 26.7. The number of anilines is 2. The molecule has 196 valence electrons. The monoisotopic (exact) mass is 582 g/mol. The summed E-state index contributed by atoms with van der Waals surface area (Å²) in [6.07, 6.45) is -2.39. The lowest BCUT2D eigenvalue weighted by molar-refractivity contribution is 0.0980. The van der Waals surface area contributed by atoms with Crippen molar-refractivity contribution < 1.29 is 43.9 Å². The van der Waals surface area contributed by atoms with Crippen LogP contribution in [0.4, 0.5) is 11.4 Å². The van der Waals surface area contributed by atoms with Crippen LogP contribution in [0.1, 0.15) is 31.8 Å². The molecular weight excluding hydrogens is 563 g/mol. The molecule has 2 aromatic rings. The van der Waals surface area contributed by atoms with Gasteiger partial charge >= 0.3 is 20.8 Å². The predicted molar refractivity (Wildman–Crippen MR) is 131 cm³/mol. The second-order valence-corrected chi connectivity index (χ2v) is 10.2. The van der Waals surface area contributed by atoms with Gasteiger partial charge in [-0.3, -0.25) is 18.7 Å². The van der Waals surface area contributed by atoms with Crippen LogP contribution in [-0.4, -0.2) is 74.6 Å². The Morgan fingerprint density at radius 3 is 1.39 bits per heavy atom. The van der Waals surface area contributed by atoms with Gasteiger partial charge in [0.1, 0.15) is 12.2 Å². The average Bonchev–Trinajstić information content (AvgIpc) is 2.81. The van der Waals surface area contributed by atoms with E-state index in [2.05, 4.69) is 19.0 Å². The van der Waals surface area contributed by atoms with E-state index in [-0.39, 0.29) is 58.5 Å². The van der Waals surface area contributed by atoms with Gasteiger partial charge in [0.25, 0.3) is 0 Å². The fourth-order valence-electron chi connectivity index (χ4n) is 3.54. The van der Waals surface area contributed by atoms with Crippen molar-refractivity contribution in [3.63, 3.8) is 0 Å². The highest BCUT2D eigenvalue weighted by Gasteiger charge is 2.34. The lowest BCUT2D eigenvalue weighted by Crippen LogP contribution is -2.31. The highest BCUT2D eigenvalue weighted by Crippen LogP contribution is 2.36. The second-order valence-electron chi connectivity index (χ2n) is 7.48. The Morgan fingerprint density at radius 1 is 0.722 bits per heavy atom. The number of benzene rings is 2. The molecule has 0 fully saturated rings. The number of fused-ring (bicyclic) bond motifs is 2. The number of carbonyl (C=O) groups is 2. The fourth-order valence-corrected chi connectivity index (χ4v) is 4.99. The summed E-state index contributed by atoms with van der Waals surface area (Å²) in [7, 11) is -9.59. The Bertz CT molecular complexity index is 1280. The SMILES string of the molecule is O=C1c2ccccc2C(=O)c2c(NCC(CCl)OS(=O)(=O)O)ccc(NCC(CCl)OS(=O)(=O)O)c21. The van der Waals surface area contributed by atoms with E-state index < -0.39 is 44.6 Å². The molecule has 0 aliphatic heterocycles. The molecule has 0 radical (unpaired) electrons. The van der Waals surface area contributed by atoms with Crippen molar-refractivity contribution >= 4 is 66.9 Å². The van der Waals surface area contributed by atoms with Crippen LogP contribution in [0, 0.1) is 0 Å². The third kappa shape index (κ3) is 6.92. The van der Waals surface area contributed by atoms with Gasteiger partial charge in [-0.05, 0) is 12.1 Å². The molecule has 0 amide bonds. The highest BCUT2D eigenvalue weighted by atomic mass is 35.5. The van der Waals surface area contributed by atoms with Gasteiger partial charge in [0.15, 0.2) is 11.6 Å². The molecule has 3 rings (SSSR count). The minimum absolute atomic E-state index is 0.0398. The number of halogens is 2. The first-order chi connectivity index (χ1) is 16.8. The summed E-state index contributed by atoms with van der Waals surface area (Å²) in [5.41, 5.74) is 0.517. The number of hydrogen-bond donors (Lipinski definition) is 4. The number of nitrogens with one attached hydrogen (secondary N) is 2. The summed E-state index contributed by atoms with van der Waals surface area (Å²) in [5.74, 6) is -1.66. The van der Waals surface area contributed by atoms with E-state index in [1.807, 2.05) is 0 Å². The van der Waals surface area contributed by atoms with Crippen LogP contribution < -0.4 is 10.6 Å². The van der Waals surface area contributed by atoms with E-state index in [0.717, 1.165) is 0 Å². The lowest BCUT2D eigenvalue weighted by atomic mass is 9.82. The lowest BCUT2D eigenvalue weighted by Gasteiger charge is -2.25. The standard InChI is InChI=1S/C20H20Cl2N2O10S2/c21-7-11(33-35(27,28)29)9-23-15-5-6-16(24-10-12(8-22)34-36(30,31)32)18-17(15)19(25)13-3-1-2-4-14(13)20(18)26/h1-6,11-12,23-24H,7-10H2,(H,27,28,29)(H,30,31,32). The van der Waals surface area contributed by atoms with Crippen molar-refractivity contribution in [3.05, 3.63) is 58.7 Å². The van der Waals surface area contributed by atoms with Gasteiger partial charge in [-0.1, -0.05) is 24.3 Å². The number of ketones is 2. The molecule has 0 heterocycles. The van der Waals surface area contributed by atoms with Crippen LogP contribution in [-0.2, 0) is 29.2 Å². The predicted octanol–water partition coefficient (Wildman–Crippen LogP) is 2.14. The quantitative estimate of drug-likeness (QED) is 0.180. The van der Waals surface area contributed by atoms with Crippen LogP contribution >= 0.6 is 23.2 Å². The van der Waals surface area contributed by atoms with Crippen molar-refractivity contribution in [2.75, 3.05) is 35.5 Å². The Kier molecular flexibility index (Phi) is 8.95. The Morgan fingerprint density at radius 2 is 1.08 bits per heavy atom. The molecule has 12 nitrogen and oxygen atoms in total. The van der Waals surface area contributed by atoms with Crippen LogP contribution in [0.3, 0.4) is 0 Å². The van der Waals surface area contributed by atoms with E-state index in [4.69, 9.17) is 32.3 Å². The first-order valence-corrected chi connectivity index (χ1v) is 13.9. The van der Waals surface area contributed by atoms with Crippen molar-refractivity contribution in [1.29, 1.82) is 0 Å². The zero-order valence-corrected chi connectivity index (χ0v) is 21.3. The van der Waals surface area contributed by atoms with Gasteiger partial charge in [-0.25, -0.2) is 8.37 Å². The zero-order valence-electron chi connectivity index (χ0n) is 18.2. The summed E-state index contributed by atoms with van der Waals surface area (Å²) >= 11 is 11.4. The van der Waals surface area contributed by atoms with Crippen LogP contribution in [0.5, 0.6) is 0 Å². The maximum atomic E-state index is 13.4. The molecule has 0 saturated carbocycles.